The van der Waals surface area contributed by atoms with E-state index < -0.39 is 10.0 Å². The fourth-order valence-corrected chi connectivity index (χ4v) is 3.34. The molecule has 1 aliphatic heterocycles. The lowest BCUT2D eigenvalue weighted by molar-refractivity contribution is 0.104. The summed E-state index contributed by atoms with van der Waals surface area (Å²) in [6, 6.07) is 11.3. The molecule has 2 aromatic carbocycles. The molecular formula is C19H19NO5S. The number of carbonyl (C=O) groups is 1. The number of ketones is 1. The summed E-state index contributed by atoms with van der Waals surface area (Å²) in [5.74, 6) is 1.13. The zero-order valence-electron chi connectivity index (χ0n) is 14.5. The Labute approximate surface area is 152 Å². The largest absolute Gasteiger partial charge is 0.486 e. The van der Waals surface area contributed by atoms with Crippen LogP contribution in [-0.4, -0.2) is 45.8 Å². The van der Waals surface area contributed by atoms with Crippen LogP contribution in [0.1, 0.15) is 15.9 Å². The van der Waals surface area contributed by atoms with Crippen molar-refractivity contribution >= 4 is 21.9 Å². The van der Waals surface area contributed by atoms with E-state index in [1.807, 2.05) is 12.1 Å². The maximum Gasteiger partial charge on any atom is 0.242 e. The molecule has 0 bridgehead atoms. The van der Waals surface area contributed by atoms with Crippen LogP contribution in [0.4, 0.5) is 0 Å². The van der Waals surface area contributed by atoms with Gasteiger partial charge in [-0.15, -0.1) is 0 Å². The Balaban J connectivity index is 1.75. The van der Waals surface area contributed by atoms with Crippen LogP contribution in [0.3, 0.4) is 0 Å². The predicted molar refractivity (Wildman–Crippen MR) is 98.1 cm³/mol. The molecule has 0 saturated heterocycles. The number of allylic oxidation sites excluding steroid dienone is 1. The number of carbonyl (C=O) groups excluding carboxylic acids is 1. The quantitative estimate of drug-likeness (QED) is 0.595. The molecule has 6 nitrogen and oxygen atoms in total. The first kappa shape index (κ1) is 18.2. The fraction of sp³-hybridized carbons (Fsp3) is 0.211. The Hall–Kier alpha value is -2.64. The summed E-state index contributed by atoms with van der Waals surface area (Å²) in [6.07, 6.45) is 3.13. The lowest BCUT2D eigenvalue weighted by Gasteiger charge is -2.18. The van der Waals surface area contributed by atoms with Gasteiger partial charge in [0.15, 0.2) is 17.3 Å². The van der Waals surface area contributed by atoms with Crippen molar-refractivity contribution in [2.45, 2.75) is 4.90 Å². The van der Waals surface area contributed by atoms with Gasteiger partial charge in [-0.25, -0.2) is 12.7 Å². The standard InChI is InChI=1S/C19H19NO5S/c1-20(2)26(22,23)16-7-5-15(6-8-16)17(21)9-3-14-4-10-18-19(13-14)25-12-11-24-18/h3-10,13H,11-12H2,1-2H3. The van der Waals surface area contributed by atoms with Crippen molar-refractivity contribution in [2.75, 3.05) is 27.3 Å². The summed E-state index contributed by atoms with van der Waals surface area (Å²) in [5, 5.41) is 0. The number of hydrogen-bond acceptors (Lipinski definition) is 5. The summed E-state index contributed by atoms with van der Waals surface area (Å²) < 4.78 is 36.2. The molecule has 0 atom stereocenters. The van der Waals surface area contributed by atoms with Crippen LogP contribution < -0.4 is 9.47 Å². The molecular weight excluding hydrogens is 354 g/mol. The molecule has 1 heterocycles. The Morgan fingerprint density at radius 2 is 1.65 bits per heavy atom. The van der Waals surface area contributed by atoms with Crippen LogP contribution in [0.25, 0.3) is 6.08 Å². The third-order valence-corrected chi connectivity index (χ3v) is 5.74. The molecule has 26 heavy (non-hydrogen) atoms. The van der Waals surface area contributed by atoms with E-state index >= 15 is 0 Å². The molecule has 1 aliphatic rings. The monoisotopic (exact) mass is 373 g/mol. The molecule has 0 radical (unpaired) electrons. The number of nitrogens with zero attached hydrogens (tertiary/aromatic N) is 1. The number of benzene rings is 2. The second kappa shape index (κ2) is 7.31. The highest BCUT2D eigenvalue weighted by Gasteiger charge is 2.17. The first-order valence-electron chi connectivity index (χ1n) is 8.02. The zero-order chi connectivity index (χ0) is 18.7. The van der Waals surface area contributed by atoms with Crippen molar-refractivity contribution in [3.63, 3.8) is 0 Å². The highest BCUT2D eigenvalue weighted by atomic mass is 32.2. The van der Waals surface area contributed by atoms with Crippen LogP contribution in [-0.2, 0) is 10.0 Å². The van der Waals surface area contributed by atoms with Gasteiger partial charge in [0.05, 0.1) is 4.90 Å². The summed E-state index contributed by atoms with van der Waals surface area (Å²) in [5.41, 5.74) is 1.23. The summed E-state index contributed by atoms with van der Waals surface area (Å²) in [7, 11) is -0.580. The van der Waals surface area contributed by atoms with Gasteiger partial charge in [-0.2, -0.15) is 0 Å². The van der Waals surface area contributed by atoms with Crippen molar-refractivity contribution in [1.29, 1.82) is 0 Å². The Kier molecular flexibility index (Phi) is 5.11. The maximum absolute atomic E-state index is 12.3. The van der Waals surface area contributed by atoms with E-state index in [-0.39, 0.29) is 10.7 Å². The molecule has 3 rings (SSSR count). The van der Waals surface area contributed by atoms with E-state index in [0.29, 0.717) is 30.3 Å². The molecule has 0 unspecified atom stereocenters. The second-order valence-electron chi connectivity index (χ2n) is 5.91. The van der Waals surface area contributed by atoms with E-state index in [2.05, 4.69) is 0 Å². The topological polar surface area (TPSA) is 72.9 Å². The maximum atomic E-state index is 12.3. The van der Waals surface area contributed by atoms with Crippen molar-refractivity contribution in [2.24, 2.45) is 0 Å². The number of fused-ring (bicyclic) bond motifs is 1. The molecule has 0 N–H and O–H groups in total. The van der Waals surface area contributed by atoms with Crippen molar-refractivity contribution in [3.05, 3.63) is 59.7 Å². The summed E-state index contributed by atoms with van der Waals surface area (Å²) in [6.45, 7) is 1.03. The van der Waals surface area contributed by atoms with Crippen molar-refractivity contribution in [1.82, 2.24) is 4.31 Å². The van der Waals surface area contributed by atoms with Gasteiger partial charge in [-0.05, 0) is 48.0 Å². The molecule has 2 aromatic rings. The summed E-state index contributed by atoms with van der Waals surface area (Å²) in [4.78, 5) is 12.4. The minimum atomic E-state index is -3.51. The Morgan fingerprint density at radius 1 is 1.00 bits per heavy atom. The van der Waals surface area contributed by atoms with Crippen LogP contribution in [0.2, 0.25) is 0 Å². The molecule has 0 fully saturated rings. The highest BCUT2D eigenvalue weighted by molar-refractivity contribution is 7.89. The van der Waals surface area contributed by atoms with Gasteiger partial charge in [0.2, 0.25) is 10.0 Å². The number of rotatable bonds is 5. The molecule has 136 valence electrons. The molecule has 7 heteroatoms. The lowest BCUT2D eigenvalue weighted by atomic mass is 10.1. The molecule has 0 aliphatic carbocycles. The van der Waals surface area contributed by atoms with Gasteiger partial charge in [0.1, 0.15) is 13.2 Å². The number of hydrogen-bond donors (Lipinski definition) is 0. The van der Waals surface area contributed by atoms with Crippen LogP contribution in [0, 0.1) is 0 Å². The van der Waals surface area contributed by atoms with E-state index in [1.54, 1.807) is 12.1 Å². The van der Waals surface area contributed by atoms with Crippen LogP contribution in [0.15, 0.2) is 53.4 Å². The first-order valence-corrected chi connectivity index (χ1v) is 9.46. The van der Waals surface area contributed by atoms with E-state index in [9.17, 15) is 13.2 Å². The van der Waals surface area contributed by atoms with Crippen LogP contribution in [0.5, 0.6) is 11.5 Å². The predicted octanol–water partition coefficient (Wildman–Crippen LogP) is 2.60. The van der Waals surface area contributed by atoms with Gasteiger partial charge in [-0.1, -0.05) is 12.1 Å². The average molecular weight is 373 g/mol. The van der Waals surface area contributed by atoms with Gasteiger partial charge < -0.3 is 9.47 Å². The minimum Gasteiger partial charge on any atom is -0.486 e. The van der Waals surface area contributed by atoms with E-state index in [1.165, 1.54) is 44.4 Å². The van der Waals surface area contributed by atoms with Crippen molar-refractivity contribution < 1.29 is 22.7 Å². The fourth-order valence-electron chi connectivity index (χ4n) is 2.43. The average Bonchev–Trinajstić information content (AvgIpc) is 2.66. The van der Waals surface area contributed by atoms with E-state index in [4.69, 9.17) is 9.47 Å². The normalized spacial score (nSPS) is 14.0. The molecule has 0 amide bonds. The molecule has 0 aromatic heterocycles. The Bertz CT molecular complexity index is 946. The van der Waals surface area contributed by atoms with Crippen molar-refractivity contribution in [3.8, 4) is 11.5 Å². The molecule has 0 saturated carbocycles. The number of ether oxygens (including phenoxy) is 2. The highest BCUT2D eigenvalue weighted by Crippen LogP contribution is 2.31. The smallest absolute Gasteiger partial charge is 0.242 e. The van der Waals surface area contributed by atoms with E-state index in [0.717, 1.165) is 9.87 Å². The second-order valence-corrected chi connectivity index (χ2v) is 8.06. The van der Waals surface area contributed by atoms with Gasteiger partial charge in [0.25, 0.3) is 0 Å². The summed E-state index contributed by atoms with van der Waals surface area (Å²) >= 11 is 0. The zero-order valence-corrected chi connectivity index (χ0v) is 15.3. The van der Waals surface area contributed by atoms with Gasteiger partial charge in [-0.3, -0.25) is 4.79 Å². The third kappa shape index (κ3) is 3.79. The van der Waals surface area contributed by atoms with Crippen LogP contribution >= 0.6 is 0 Å². The van der Waals surface area contributed by atoms with Gasteiger partial charge >= 0.3 is 0 Å². The Morgan fingerprint density at radius 3 is 2.31 bits per heavy atom. The molecule has 0 spiro atoms. The SMILES string of the molecule is CN(C)S(=O)(=O)c1ccc(C(=O)C=Cc2ccc3c(c2)OCCO3)cc1. The third-order valence-electron chi connectivity index (χ3n) is 3.91. The first-order chi connectivity index (χ1) is 12.4. The van der Waals surface area contributed by atoms with Gasteiger partial charge in [0, 0.05) is 19.7 Å². The lowest BCUT2D eigenvalue weighted by Crippen LogP contribution is -2.22. The minimum absolute atomic E-state index is 0.148. The number of sulfonamides is 1.